The van der Waals surface area contributed by atoms with Gasteiger partial charge in [0.1, 0.15) is 5.01 Å². The Hall–Kier alpha value is -1.27. The van der Waals surface area contributed by atoms with Gasteiger partial charge in [0.15, 0.2) is 0 Å². The third-order valence-electron chi connectivity index (χ3n) is 2.98. The molecule has 2 aromatic rings. The van der Waals surface area contributed by atoms with Gasteiger partial charge in [-0.3, -0.25) is 4.90 Å². The summed E-state index contributed by atoms with van der Waals surface area (Å²) in [6.07, 6.45) is 1.92. The van der Waals surface area contributed by atoms with Gasteiger partial charge in [-0.15, -0.1) is 11.3 Å². The van der Waals surface area contributed by atoms with Gasteiger partial charge in [0.05, 0.1) is 13.2 Å². The van der Waals surface area contributed by atoms with Crippen LogP contribution in [0.1, 0.15) is 4.88 Å². The van der Waals surface area contributed by atoms with E-state index in [0.717, 1.165) is 23.7 Å². The molecule has 0 aliphatic rings. The van der Waals surface area contributed by atoms with Crippen molar-refractivity contribution in [1.29, 1.82) is 0 Å². The van der Waals surface area contributed by atoms with E-state index in [-0.39, 0.29) is 6.61 Å². The average Bonchev–Trinajstić information content (AvgIpc) is 2.94. The number of aromatic nitrogens is 1. The van der Waals surface area contributed by atoms with Crippen LogP contribution < -0.4 is 0 Å². The molecule has 0 aliphatic carbocycles. The highest BCUT2D eigenvalue weighted by Gasteiger charge is 2.09. The van der Waals surface area contributed by atoms with Crippen LogP contribution in [0.4, 0.5) is 0 Å². The van der Waals surface area contributed by atoms with Gasteiger partial charge in [0.25, 0.3) is 0 Å². The van der Waals surface area contributed by atoms with Gasteiger partial charge in [0.2, 0.25) is 0 Å². The zero-order chi connectivity index (χ0) is 14.2. The summed E-state index contributed by atoms with van der Waals surface area (Å²) in [5.74, 6) is 0. The Morgan fingerprint density at radius 1 is 1.25 bits per heavy atom. The van der Waals surface area contributed by atoms with Crippen LogP contribution in [-0.4, -0.2) is 48.4 Å². The van der Waals surface area contributed by atoms with E-state index in [4.69, 9.17) is 9.84 Å². The van der Waals surface area contributed by atoms with Gasteiger partial charge in [-0.2, -0.15) is 0 Å². The number of nitrogens with zero attached hydrogens (tertiary/aromatic N) is 2. The number of rotatable bonds is 8. The summed E-state index contributed by atoms with van der Waals surface area (Å²) in [5, 5.41) is 10.1. The fourth-order valence-corrected chi connectivity index (χ4v) is 2.91. The molecule has 0 unspecified atom stereocenters. The van der Waals surface area contributed by atoms with Crippen molar-refractivity contribution < 1.29 is 9.84 Å². The van der Waals surface area contributed by atoms with Crippen LogP contribution in [0, 0.1) is 0 Å². The van der Waals surface area contributed by atoms with Crippen molar-refractivity contribution in [2.75, 3.05) is 33.4 Å². The number of benzene rings is 1. The van der Waals surface area contributed by atoms with Gasteiger partial charge >= 0.3 is 0 Å². The molecule has 0 spiro atoms. The molecule has 1 aromatic heterocycles. The Kier molecular flexibility index (Phi) is 6.14. The van der Waals surface area contributed by atoms with Crippen molar-refractivity contribution in [2.45, 2.75) is 6.54 Å². The number of hydrogen-bond donors (Lipinski definition) is 1. The molecule has 1 heterocycles. The lowest BCUT2D eigenvalue weighted by molar-refractivity contribution is 0.127. The van der Waals surface area contributed by atoms with E-state index in [1.165, 1.54) is 4.88 Å². The van der Waals surface area contributed by atoms with Crippen LogP contribution in [0.15, 0.2) is 36.5 Å². The first-order valence-corrected chi connectivity index (χ1v) is 7.47. The third kappa shape index (κ3) is 4.38. The maximum absolute atomic E-state index is 9.10. The van der Waals surface area contributed by atoms with E-state index < -0.39 is 0 Å². The highest BCUT2D eigenvalue weighted by Crippen LogP contribution is 2.25. The molecule has 108 valence electrons. The second kappa shape index (κ2) is 8.11. The molecule has 0 aliphatic heterocycles. The Bertz CT molecular complexity index is 502. The lowest BCUT2D eigenvalue weighted by Crippen LogP contribution is -2.29. The minimum Gasteiger partial charge on any atom is -0.395 e. The molecule has 0 fully saturated rings. The molecule has 4 nitrogen and oxygen atoms in total. The fraction of sp³-hybridized carbons (Fsp3) is 0.400. The van der Waals surface area contributed by atoms with Crippen molar-refractivity contribution in [3.63, 3.8) is 0 Å². The number of methoxy groups -OCH3 is 1. The first-order valence-electron chi connectivity index (χ1n) is 6.65. The minimum absolute atomic E-state index is 0.161. The molecule has 5 heteroatoms. The molecule has 0 saturated heterocycles. The second-order valence-corrected chi connectivity index (χ2v) is 5.61. The summed E-state index contributed by atoms with van der Waals surface area (Å²) in [4.78, 5) is 7.85. The topological polar surface area (TPSA) is 45.6 Å². The van der Waals surface area contributed by atoms with E-state index >= 15 is 0 Å². The summed E-state index contributed by atoms with van der Waals surface area (Å²) < 4.78 is 5.10. The van der Waals surface area contributed by atoms with E-state index in [2.05, 4.69) is 22.0 Å². The zero-order valence-corrected chi connectivity index (χ0v) is 12.5. The van der Waals surface area contributed by atoms with E-state index in [1.54, 1.807) is 18.4 Å². The van der Waals surface area contributed by atoms with Crippen LogP contribution in [0.25, 0.3) is 10.6 Å². The summed E-state index contributed by atoms with van der Waals surface area (Å²) in [7, 11) is 1.69. The number of aliphatic hydroxyl groups excluding tert-OH is 1. The normalized spacial score (nSPS) is 11.2. The fourth-order valence-electron chi connectivity index (χ4n) is 1.95. The second-order valence-electron chi connectivity index (χ2n) is 4.49. The summed E-state index contributed by atoms with van der Waals surface area (Å²) in [5.41, 5.74) is 1.15. The quantitative estimate of drug-likeness (QED) is 0.810. The standard InChI is InChI=1S/C15H20N2O2S/c1-19-10-8-17(7-9-18)12-14-11-16-15(20-14)13-5-3-2-4-6-13/h2-6,11,18H,7-10,12H2,1H3. The predicted octanol–water partition coefficient (Wildman–Crippen LogP) is 2.25. The van der Waals surface area contributed by atoms with Crippen molar-refractivity contribution in [3.05, 3.63) is 41.4 Å². The molecule has 20 heavy (non-hydrogen) atoms. The van der Waals surface area contributed by atoms with Gasteiger partial charge in [-0.1, -0.05) is 30.3 Å². The molecule has 1 N–H and O–H groups in total. The van der Waals surface area contributed by atoms with E-state index in [1.807, 2.05) is 24.4 Å². The van der Waals surface area contributed by atoms with Crippen LogP contribution in [0.3, 0.4) is 0 Å². The van der Waals surface area contributed by atoms with Crippen molar-refractivity contribution in [3.8, 4) is 10.6 Å². The Labute approximate surface area is 123 Å². The van der Waals surface area contributed by atoms with Crippen molar-refractivity contribution in [2.24, 2.45) is 0 Å². The third-order valence-corrected chi connectivity index (χ3v) is 4.01. The number of hydrogen-bond acceptors (Lipinski definition) is 5. The largest absolute Gasteiger partial charge is 0.395 e. The lowest BCUT2D eigenvalue weighted by Gasteiger charge is -2.19. The van der Waals surface area contributed by atoms with Crippen LogP contribution >= 0.6 is 11.3 Å². The Balaban J connectivity index is 2.00. The first-order chi connectivity index (χ1) is 9.83. The molecule has 0 radical (unpaired) electrons. The SMILES string of the molecule is COCCN(CCO)Cc1cnc(-c2ccccc2)s1. The monoisotopic (exact) mass is 292 g/mol. The molecular formula is C15H20N2O2S. The number of thiazole rings is 1. The zero-order valence-electron chi connectivity index (χ0n) is 11.7. The predicted molar refractivity (Wildman–Crippen MR) is 81.8 cm³/mol. The summed E-state index contributed by atoms with van der Waals surface area (Å²) in [6.45, 7) is 3.10. The van der Waals surface area contributed by atoms with E-state index in [0.29, 0.717) is 13.2 Å². The number of aliphatic hydroxyl groups is 1. The minimum atomic E-state index is 0.161. The van der Waals surface area contributed by atoms with Crippen LogP contribution in [0.5, 0.6) is 0 Å². The number of ether oxygens (including phenoxy) is 1. The summed E-state index contributed by atoms with van der Waals surface area (Å²) in [6, 6.07) is 10.2. The average molecular weight is 292 g/mol. The van der Waals surface area contributed by atoms with Gasteiger partial charge in [0, 0.05) is 43.4 Å². The highest BCUT2D eigenvalue weighted by molar-refractivity contribution is 7.15. The highest BCUT2D eigenvalue weighted by atomic mass is 32.1. The smallest absolute Gasteiger partial charge is 0.123 e. The molecular weight excluding hydrogens is 272 g/mol. The summed E-state index contributed by atoms with van der Waals surface area (Å²) >= 11 is 1.70. The van der Waals surface area contributed by atoms with Crippen LogP contribution in [-0.2, 0) is 11.3 Å². The van der Waals surface area contributed by atoms with Gasteiger partial charge < -0.3 is 9.84 Å². The maximum Gasteiger partial charge on any atom is 0.123 e. The molecule has 0 amide bonds. The van der Waals surface area contributed by atoms with E-state index in [9.17, 15) is 0 Å². The molecule has 0 bridgehead atoms. The van der Waals surface area contributed by atoms with Gasteiger partial charge in [-0.05, 0) is 0 Å². The Morgan fingerprint density at radius 3 is 2.75 bits per heavy atom. The molecule has 0 atom stereocenters. The lowest BCUT2D eigenvalue weighted by atomic mass is 10.2. The van der Waals surface area contributed by atoms with Crippen LogP contribution in [0.2, 0.25) is 0 Å². The van der Waals surface area contributed by atoms with Crippen molar-refractivity contribution >= 4 is 11.3 Å². The Morgan fingerprint density at radius 2 is 2.05 bits per heavy atom. The molecule has 1 aromatic carbocycles. The molecule has 2 rings (SSSR count). The van der Waals surface area contributed by atoms with Crippen molar-refractivity contribution in [1.82, 2.24) is 9.88 Å². The maximum atomic E-state index is 9.10. The first kappa shape index (κ1) is 15.1. The molecule has 0 saturated carbocycles. The van der Waals surface area contributed by atoms with Gasteiger partial charge in [-0.25, -0.2) is 4.98 Å².